The van der Waals surface area contributed by atoms with Crippen molar-refractivity contribution < 1.29 is 14.9 Å². The average molecular weight is 280 g/mol. The zero-order chi connectivity index (χ0) is 14.4. The Balaban J connectivity index is 1.85. The van der Waals surface area contributed by atoms with Crippen LogP contribution >= 0.6 is 0 Å². The number of anilines is 2. The molecule has 1 aromatic rings. The summed E-state index contributed by atoms with van der Waals surface area (Å²) < 4.78 is 5.38. The lowest BCUT2D eigenvalue weighted by molar-refractivity contribution is 0.0819. The van der Waals surface area contributed by atoms with Gasteiger partial charge in [0.05, 0.1) is 18.8 Å². The number of aliphatic hydroxyl groups is 2. The molecule has 0 saturated carbocycles. The largest absolute Gasteiger partial charge is 0.394 e. The second-order valence-corrected chi connectivity index (χ2v) is 5.19. The Kier molecular flexibility index (Phi) is 5.64. The lowest BCUT2D eigenvalue weighted by atomic mass is 10.1. The van der Waals surface area contributed by atoms with Gasteiger partial charge in [0.2, 0.25) is 0 Å². The second kappa shape index (κ2) is 7.47. The number of benzene rings is 1. The van der Waals surface area contributed by atoms with Crippen LogP contribution in [0.25, 0.3) is 0 Å². The molecule has 5 nitrogen and oxygen atoms in total. The Hall–Kier alpha value is -1.30. The van der Waals surface area contributed by atoms with Gasteiger partial charge in [-0.1, -0.05) is 0 Å². The Morgan fingerprint density at radius 3 is 2.50 bits per heavy atom. The van der Waals surface area contributed by atoms with E-state index in [1.54, 1.807) is 7.11 Å². The van der Waals surface area contributed by atoms with E-state index in [0.29, 0.717) is 12.6 Å². The fourth-order valence-electron chi connectivity index (χ4n) is 2.44. The highest BCUT2D eigenvalue weighted by Crippen LogP contribution is 2.22. The number of hydrogen-bond donors (Lipinski definition) is 3. The first kappa shape index (κ1) is 15.1. The van der Waals surface area contributed by atoms with Crippen LogP contribution in [0.4, 0.5) is 11.4 Å². The Bertz CT molecular complexity index is 389. The molecule has 1 unspecified atom stereocenters. The van der Waals surface area contributed by atoms with Crippen molar-refractivity contribution in [2.24, 2.45) is 0 Å². The van der Waals surface area contributed by atoms with E-state index >= 15 is 0 Å². The van der Waals surface area contributed by atoms with Gasteiger partial charge < -0.3 is 25.2 Å². The van der Waals surface area contributed by atoms with Gasteiger partial charge in [0.25, 0.3) is 0 Å². The van der Waals surface area contributed by atoms with Crippen LogP contribution in [-0.2, 0) is 4.74 Å². The third-order valence-electron chi connectivity index (χ3n) is 3.76. The molecular weight excluding hydrogens is 256 g/mol. The Labute approximate surface area is 120 Å². The van der Waals surface area contributed by atoms with Crippen LogP contribution < -0.4 is 10.2 Å². The lowest BCUT2D eigenvalue weighted by Crippen LogP contribution is -2.36. The smallest absolute Gasteiger partial charge is 0.0942 e. The van der Waals surface area contributed by atoms with E-state index in [1.807, 2.05) is 12.1 Å². The van der Waals surface area contributed by atoms with E-state index in [0.717, 1.165) is 31.6 Å². The molecule has 0 aliphatic carbocycles. The predicted molar refractivity (Wildman–Crippen MR) is 80.3 cm³/mol. The fourth-order valence-corrected chi connectivity index (χ4v) is 2.44. The fraction of sp³-hybridized carbons (Fsp3) is 0.600. The Morgan fingerprint density at radius 2 is 1.95 bits per heavy atom. The topological polar surface area (TPSA) is 65.0 Å². The molecule has 1 fully saturated rings. The van der Waals surface area contributed by atoms with E-state index in [-0.39, 0.29) is 6.61 Å². The van der Waals surface area contributed by atoms with Gasteiger partial charge in [-0.15, -0.1) is 0 Å². The molecule has 2 rings (SSSR count). The summed E-state index contributed by atoms with van der Waals surface area (Å²) in [4.78, 5) is 2.36. The number of nitrogens with one attached hydrogen (secondary N) is 1. The summed E-state index contributed by atoms with van der Waals surface area (Å²) in [5.74, 6) is 0. The number of rotatable bonds is 6. The van der Waals surface area contributed by atoms with Crippen LogP contribution in [0.5, 0.6) is 0 Å². The van der Waals surface area contributed by atoms with E-state index in [4.69, 9.17) is 9.84 Å². The number of piperidine rings is 1. The van der Waals surface area contributed by atoms with E-state index in [1.165, 1.54) is 5.69 Å². The van der Waals surface area contributed by atoms with Crippen molar-refractivity contribution in [3.63, 3.8) is 0 Å². The van der Waals surface area contributed by atoms with Gasteiger partial charge in [0, 0.05) is 38.1 Å². The van der Waals surface area contributed by atoms with Gasteiger partial charge in [-0.3, -0.25) is 0 Å². The van der Waals surface area contributed by atoms with Crippen molar-refractivity contribution in [2.75, 3.05) is 43.6 Å². The lowest BCUT2D eigenvalue weighted by Gasteiger charge is -2.33. The number of aliphatic hydroxyl groups excluding tert-OH is 2. The minimum Gasteiger partial charge on any atom is -0.394 e. The highest BCUT2D eigenvalue weighted by Gasteiger charge is 2.18. The van der Waals surface area contributed by atoms with E-state index < -0.39 is 6.10 Å². The highest BCUT2D eigenvalue weighted by molar-refractivity contribution is 5.55. The SMILES string of the molecule is COC1CCN(c2ccc(NCC(O)CO)cc2)CC1. The number of hydrogen-bond acceptors (Lipinski definition) is 5. The van der Waals surface area contributed by atoms with Gasteiger partial charge in [-0.25, -0.2) is 0 Å². The molecule has 1 saturated heterocycles. The summed E-state index contributed by atoms with van der Waals surface area (Å²) in [7, 11) is 1.78. The van der Waals surface area contributed by atoms with E-state index in [9.17, 15) is 5.11 Å². The molecule has 0 bridgehead atoms. The molecule has 1 heterocycles. The number of ether oxygens (including phenoxy) is 1. The highest BCUT2D eigenvalue weighted by atomic mass is 16.5. The van der Waals surface area contributed by atoms with Crippen LogP contribution in [0.2, 0.25) is 0 Å². The molecular formula is C15H24N2O3. The summed E-state index contributed by atoms with van der Waals surface area (Å²) in [5, 5.41) is 21.1. The normalized spacial score (nSPS) is 18.1. The van der Waals surface area contributed by atoms with Crippen LogP contribution in [0, 0.1) is 0 Å². The van der Waals surface area contributed by atoms with Crippen LogP contribution in [0.1, 0.15) is 12.8 Å². The van der Waals surface area contributed by atoms with Crippen LogP contribution in [0.3, 0.4) is 0 Å². The Morgan fingerprint density at radius 1 is 1.30 bits per heavy atom. The first-order chi connectivity index (χ1) is 9.72. The third kappa shape index (κ3) is 4.10. The first-order valence-electron chi connectivity index (χ1n) is 7.13. The van der Waals surface area contributed by atoms with Crippen molar-refractivity contribution in [3.05, 3.63) is 24.3 Å². The summed E-state index contributed by atoms with van der Waals surface area (Å²) in [6, 6.07) is 8.17. The molecule has 0 aromatic heterocycles. The minimum atomic E-state index is -0.720. The number of nitrogens with zero attached hydrogens (tertiary/aromatic N) is 1. The summed E-state index contributed by atoms with van der Waals surface area (Å²) >= 11 is 0. The van der Waals surface area contributed by atoms with Gasteiger partial charge in [-0.05, 0) is 37.1 Å². The molecule has 0 radical (unpaired) electrons. The number of methoxy groups -OCH3 is 1. The molecule has 5 heteroatoms. The molecule has 20 heavy (non-hydrogen) atoms. The van der Waals surface area contributed by atoms with Crippen LogP contribution in [0.15, 0.2) is 24.3 Å². The monoisotopic (exact) mass is 280 g/mol. The third-order valence-corrected chi connectivity index (χ3v) is 3.76. The maximum absolute atomic E-state index is 9.29. The summed E-state index contributed by atoms with van der Waals surface area (Å²) in [6.07, 6.45) is 1.81. The van der Waals surface area contributed by atoms with Gasteiger partial charge in [0.15, 0.2) is 0 Å². The van der Waals surface area contributed by atoms with Gasteiger partial charge >= 0.3 is 0 Å². The van der Waals surface area contributed by atoms with Crippen molar-refractivity contribution in [1.29, 1.82) is 0 Å². The zero-order valence-electron chi connectivity index (χ0n) is 12.0. The summed E-state index contributed by atoms with van der Waals surface area (Å²) in [5.41, 5.74) is 2.17. The van der Waals surface area contributed by atoms with Crippen molar-refractivity contribution in [3.8, 4) is 0 Å². The van der Waals surface area contributed by atoms with Gasteiger partial charge in [-0.2, -0.15) is 0 Å². The molecule has 112 valence electrons. The first-order valence-corrected chi connectivity index (χ1v) is 7.13. The molecule has 1 aliphatic heterocycles. The average Bonchev–Trinajstić information content (AvgIpc) is 2.53. The molecule has 3 N–H and O–H groups in total. The second-order valence-electron chi connectivity index (χ2n) is 5.19. The molecule has 0 amide bonds. The zero-order valence-corrected chi connectivity index (χ0v) is 12.0. The quantitative estimate of drug-likeness (QED) is 0.727. The van der Waals surface area contributed by atoms with Crippen molar-refractivity contribution in [1.82, 2.24) is 0 Å². The van der Waals surface area contributed by atoms with Gasteiger partial charge in [0.1, 0.15) is 0 Å². The summed E-state index contributed by atoms with van der Waals surface area (Å²) in [6.45, 7) is 2.18. The van der Waals surface area contributed by atoms with Crippen molar-refractivity contribution >= 4 is 11.4 Å². The molecule has 1 aliphatic rings. The molecule has 0 spiro atoms. The van der Waals surface area contributed by atoms with Crippen molar-refractivity contribution in [2.45, 2.75) is 25.0 Å². The van der Waals surface area contributed by atoms with E-state index in [2.05, 4.69) is 22.3 Å². The molecule has 1 atom stereocenters. The maximum atomic E-state index is 9.29. The molecule has 1 aromatic carbocycles. The minimum absolute atomic E-state index is 0.223. The predicted octanol–water partition coefficient (Wildman–Crippen LogP) is 1.07. The maximum Gasteiger partial charge on any atom is 0.0942 e. The standard InChI is InChI=1S/C15H24N2O3/c1-20-15-6-8-17(9-7-15)13-4-2-12(3-5-13)16-10-14(19)11-18/h2-5,14-16,18-19H,6-11H2,1H3. The van der Waals surface area contributed by atoms with Crippen LogP contribution in [-0.4, -0.2) is 55.8 Å².